The summed E-state index contributed by atoms with van der Waals surface area (Å²) in [5.74, 6) is 0. The maximum absolute atomic E-state index is 5.63. The van der Waals surface area contributed by atoms with Crippen molar-refractivity contribution in [3.63, 3.8) is 0 Å². The zero-order valence-corrected chi connectivity index (χ0v) is 10.5. The van der Waals surface area contributed by atoms with Gasteiger partial charge < -0.3 is 15.4 Å². The summed E-state index contributed by atoms with van der Waals surface area (Å²) >= 11 is 0. The fraction of sp³-hybridized carbons (Fsp3) is 1.00. The van der Waals surface area contributed by atoms with Gasteiger partial charge in [-0.2, -0.15) is 0 Å². The lowest BCUT2D eigenvalue weighted by Gasteiger charge is -2.23. The van der Waals surface area contributed by atoms with Crippen LogP contribution in [-0.2, 0) is 4.74 Å². The van der Waals surface area contributed by atoms with Crippen LogP contribution in [0.15, 0.2) is 0 Å². The number of rotatable bonds is 8. The van der Waals surface area contributed by atoms with Gasteiger partial charge in [0, 0.05) is 13.1 Å². The molecule has 0 aromatic heterocycles. The molecule has 1 fully saturated rings. The standard InChI is InChI=1S/C12H26N2O/c1-11(2)15-9-8-14(3)10-12(4-5-12)6-7-13/h11H,4-10,13H2,1-3H3. The van der Waals surface area contributed by atoms with E-state index in [4.69, 9.17) is 10.5 Å². The molecular weight excluding hydrogens is 188 g/mol. The third-order valence-electron chi connectivity index (χ3n) is 3.16. The average molecular weight is 214 g/mol. The number of likely N-dealkylation sites (N-methyl/N-ethyl adjacent to an activating group) is 1. The number of nitrogens with zero attached hydrogens (tertiary/aromatic N) is 1. The van der Waals surface area contributed by atoms with Crippen molar-refractivity contribution in [2.45, 2.75) is 39.2 Å². The Hall–Kier alpha value is -0.120. The van der Waals surface area contributed by atoms with Crippen molar-refractivity contribution in [3.05, 3.63) is 0 Å². The Morgan fingerprint density at radius 1 is 1.40 bits per heavy atom. The molecule has 0 radical (unpaired) electrons. The Morgan fingerprint density at radius 2 is 2.07 bits per heavy atom. The lowest BCUT2D eigenvalue weighted by atomic mass is 10.0. The predicted octanol–water partition coefficient (Wildman–Crippen LogP) is 1.47. The monoisotopic (exact) mass is 214 g/mol. The van der Waals surface area contributed by atoms with Crippen LogP contribution in [0.25, 0.3) is 0 Å². The van der Waals surface area contributed by atoms with Gasteiger partial charge in [0.15, 0.2) is 0 Å². The Bertz CT molecular complexity index is 178. The van der Waals surface area contributed by atoms with Crippen molar-refractivity contribution < 1.29 is 4.74 Å². The first-order valence-corrected chi connectivity index (χ1v) is 6.08. The topological polar surface area (TPSA) is 38.5 Å². The van der Waals surface area contributed by atoms with Gasteiger partial charge in [-0.3, -0.25) is 0 Å². The summed E-state index contributed by atoms with van der Waals surface area (Å²) in [4.78, 5) is 2.38. The molecule has 0 unspecified atom stereocenters. The van der Waals surface area contributed by atoms with E-state index in [2.05, 4.69) is 25.8 Å². The van der Waals surface area contributed by atoms with Gasteiger partial charge in [-0.25, -0.2) is 0 Å². The Labute approximate surface area is 94.0 Å². The molecule has 0 saturated heterocycles. The van der Waals surface area contributed by atoms with Crippen LogP contribution in [0.1, 0.15) is 33.1 Å². The first-order valence-electron chi connectivity index (χ1n) is 6.08. The molecular formula is C12H26N2O. The summed E-state index contributed by atoms with van der Waals surface area (Å²) in [6.07, 6.45) is 4.25. The Kier molecular flexibility index (Phi) is 5.03. The summed E-state index contributed by atoms with van der Waals surface area (Å²) in [5.41, 5.74) is 6.18. The molecule has 90 valence electrons. The van der Waals surface area contributed by atoms with Gasteiger partial charge in [0.25, 0.3) is 0 Å². The molecule has 1 saturated carbocycles. The van der Waals surface area contributed by atoms with Crippen molar-refractivity contribution in [1.29, 1.82) is 0 Å². The van der Waals surface area contributed by atoms with E-state index in [0.29, 0.717) is 11.5 Å². The molecule has 1 aliphatic carbocycles. The minimum Gasteiger partial charge on any atom is -0.377 e. The molecule has 3 heteroatoms. The largest absolute Gasteiger partial charge is 0.377 e. The van der Waals surface area contributed by atoms with Crippen molar-refractivity contribution in [2.75, 3.05) is 33.3 Å². The first-order chi connectivity index (χ1) is 7.08. The molecule has 0 aromatic carbocycles. The lowest BCUT2D eigenvalue weighted by Crippen LogP contribution is -2.31. The van der Waals surface area contributed by atoms with E-state index in [1.54, 1.807) is 0 Å². The molecule has 0 amide bonds. The van der Waals surface area contributed by atoms with Crippen molar-refractivity contribution in [3.8, 4) is 0 Å². The van der Waals surface area contributed by atoms with Crippen molar-refractivity contribution in [2.24, 2.45) is 11.1 Å². The Balaban J connectivity index is 2.10. The molecule has 15 heavy (non-hydrogen) atoms. The minimum absolute atomic E-state index is 0.345. The molecule has 0 atom stereocenters. The van der Waals surface area contributed by atoms with E-state index in [1.807, 2.05) is 0 Å². The fourth-order valence-electron chi connectivity index (χ4n) is 2.07. The van der Waals surface area contributed by atoms with Crippen LogP contribution in [0.3, 0.4) is 0 Å². The third-order valence-corrected chi connectivity index (χ3v) is 3.16. The molecule has 2 N–H and O–H groups in total. The quantitative estimate of drug-likeness (QED) is 0.665. The van der Waals surface area contributed by atoms with Gasteiger partial charge in [-0.1, -0.05) is 0 Å². The molecule has 1 rings (SSSR count). The average Bonchev–Trinajstić information content (AvgIpc) is 2.84. The zero-order chi connectivity index (χ0) is 11.3. The van der Waals surface area contributed by atoms with E-state index in [-0.39, 0.29) is 0 Å². The maximum Gasteiger partial charge on any atom is 0.0596 e. The second-order valence-corrected chi connectivity index (χ2v) is 5.20. The van der Waals surface area contributed by atoms with Gasteiger partial charge in [-0.05, 0) is 52.1 Å². The summed E-state index contributed by atoms with van der Waals surface area (Å²) in [5, 5.41) is 0. The first kappa shape index (κ1) is 12.9. The third kappa shape index (κ3) is 4.96. The summed E-state index contributed by atoms with van der Waals surface area (Å²) in [6.45, 7) is 8.05. The highest BCUT2D eigenvalue weighted by atomic mass is 16.5. The number of hydrogen-bond donors (Lipinski definition) is 1. The van der Waals surface area contributed by atoms with Crippen LogP contribution in [0.5, 0.6) is 0 Å². The molecule has 0 spiro atoms. The Morgan fingerprint density at radius 3 is 2.53 bits per heavy atom. The molecule has 0 bridgehead atoms. The van der Waals surface area contributed by atoms with Gasteiger partial charge in [0.05, 0.1) is 12.7 Å². The number of nitrogens with two attached hydrogens (primary N) is 1. The van der Waals surface area contributed by atoms with Crippen molar-refractivity contribution >= 4 is 0 Å². The fourth-order valence-corrected chi connectivity index (χ4v) is 2.07. The lowest BCUT2D eigenvalue weighted by molar-refractivity contribution is 0.0601. The van der Waals surface area contributed by atoms with Crippen LogP contribution in [0.4, 0.5) is 0 Å². The van der Waals surface area contributed by atoms with E-state index in [9.17, 15) is 0 Å². The van der Waals surface area contributed by atoms with Gasteiger partial charge in [-0.15, -0.1) is 0 Å². The molecule has 3 nitrogen and oxygen atoms in total. The molecule has 1 aliphatic rings. The molecule has 0 aliphatic heterocycles. The highest BCUT2D eigenvalue weighted by Gasteiger charge is 2.42. The van der Waals surface area contributed by atoms with E-state index in [0.717, 1.165) is 19.7 Å². The van der Waals surface area contributed by atoms with Gasteiger partial charge in [0.2, 0.25) is 0 Å². The summed E-state index contributed by atoms with van der Waals surface area (Å²) in [7, 11) is 2.18. The highest BCUT2D eigenvalue weighted by molar-refractivity contribution is 4.95. The smallest absolute Gasteiger partial charge is 0.0596 e. The zero-order valence-electron chi connectivity index (χ0n) is 10.5. The normalized spacial score (nSPS) is 18.8. The van der Waals surface area contributed by atoms with Crippen LogP contribution in [0, 0.1) is 5.41 Å². The highest BCUT2D eigenvalue weighted by Crippen LogP contribution is 2.48. The molecule has 0 heterocycles. The predicted molar refractivity (Wildman–Crippen MR) is 63.9 cm³/mol. The molecule has 0 aromatic rings. The van der Waals surface area contributed by atoms with Crippen LogP contribution >= 0.6 is 0 Å². The second kappa shape index (κ2) is 5.83. The van der Waals surface area contributed by atoms with E-state index in [1.165, 1.54) is 25.8 Å². The number of ether oxygens (including phenoxy) is 1. The van der Waals surface area contributed by atoms with Crippen LogP contribution < -0.4 is 5.73 Å². The SMILES string of the molecule is CC(C)OCCN(C)CC1(CCN)CC1. The van der Waals surface area contributed by atoms with Crippen LogP contribution in [0.2, 0.25) is 0 Å². The van der Waals surface area contributed by atoms with Crippen molar-refractivity contribution in [1.82, 2.24) is 4.90 Å². The minimum atomic E-state index is 0.345. The van der Waals surface area contributed by atoms with Gasteiger partial charge in [0.1, 0.15) is 0 Å². The summed E-state index contributed by atoms with van der Waals surface area (Å²) in [6, 6.07) is 0. The van der Waals surface area contributed by atoms with Gasteiger partial charge >= 0.3 is 0 Å². The van der Waals surface area contributed by atoms with E-state index < -0.39 is 0 Å². The maximum atomic E-state index is 5.63. The number of hydrogen-bond acceptors (Lipinski definition) is 3. The summed E-state index contributed by atoms with van der Waals surface area (Å²) < 4.78 is 5.54. The van der Waals surface area contributed by atoms with Crippen LogP contribution in [-0.4, -0.2) is 44.3 Å². The van der Waals surface area contributed by atoms with E-state index >= 15 is 0 Å². The second-order valence-electron chi connectivity index (χ2n) is 5.20.